The number of fused-ring (bicyclic) bond motifs is 1. The largest absolute Gasteiger partial charge is 0.312 e. The van der Waals surface area contributed by atoms with Crippen molar-refractivity contribution in [2.24, 2.45) is 11.8 Å². The van der Waals surface area contributed by atoms with Crippen LogP contribution in [-0.4, -0.2) is 51.9 Å². The number of nitrogens with zero attached hydrogens (tertiary/aromatic N) is 2. The van der Waals surface area contributed by atoms with Crippen LogP contribution in [0.4, 0.5) is 5.69 Å². The second kappa shape index (κ2) is 8.29. The van der Waals surface area contributed by atoms with Gasteiger partial charge in [-0.1, -0.05) is 13.8 Å². The Labute approximate surface area is 163 Å². The number of amides is 1. The minimum absolute atomic E-state index is 0.0103. The number of carbonyl (C=O) groups is 1. The summed E-state index contributed by atoms with van der Waals surface area (Å²) in [5.74, 6) is 1.42. The maximum Gasteiger partial charge on any atom is 0.240 e. The average Bonchev–Trinajstić information content (AvgIpc) is 3.01. The van der Waals surface area contributed by atoms with E-state index in [1.807, 2.05) is 0 Å². The molecule has 2 aliphatic rings. The van der Waals surface area contributed by atoms with Crippen LogP contribution in [0.5, 0.6) is 0 Å². The zero-order valence-electron chi connectivity index (χ0n) is 16.6. The van der Waals surface area contributed by atoms with Gasteiger partial charge in [-0.2, -0.15) is 0 Å². The van der Waals surface area contributed by atoms with Crippen molar-refractivity contribution in [3.05, 3.63) is 23.8 Å². The number of piperidine rings is 1. The minimum Gasteiger partial charge on any atom is -0.312 e. The first-order valence-corrected chi connectivity index (χ1v) is 11.4. The Morgan fingerprint density at radius 3 is 2.59 bits per heavy atom. The van der Waals surface area contributed by atoms with Crippen molar-refractivity contribution in [2.45, 2.75) is 44.9 Å². The predicted molar refractivity (Wildman–Crippen MR) is 107 cm³/mol. The minimum atomic E-state index is -3.52. The molecule has 7 heteroatoms. The lowest BCUT2D eigenvalue weighted by Crippen LogP contribution is -2.40. The molecular formula is C20H31N3O3S. The van der Waals surface area contributed by atoms with Gasteiger partial charge in [0, 0.05) is 38.8 Å². The molecule has 1 saturated heterocycles. The number of rotatable bonds is 6. The van der Waals surface area contributed by atoms with Crippen molar-refractivity contribution in [2.75, 3.05) is 37.6 Å². The quantitative estimate of drug-likeness (QED) is 0.753. The summed E-state index contributed by atoms with van der Waals surface area (Å²) in [6, 6.07) is 5.04. The molecule has 0 aromatic heterocycles. The molecule has 3 rings (SSSR count). The van der Waals surface area contributed by atoms with Crippen LogP contribution in [-0.2, 0) is 21.2 Å². The van der Waals surface area contributed by atoms with Crippen LogP contribution in [0.1, 0.15) is 39.2 Å². The zero-order chi connectivity index (χ0) is 19.6. The molecule has 0 spiro atoms. The van der Waals surface area contributed by atoms with Crippen molar-refractivity contribution in [3.8, 4) is 0 Å². The predicted octanol–water partition coefficient (Wildman–Crippen LogP) is 2.24. The van der Waals surface area contributed by atoms with Gasteiger partial charge in [-0.05, 0) is 61.4 Å². The number of hydrogen-bond acceptors (Lipinski definition) is 4. The zero-order valence-corrected chi connectivity index (χ0v) is 17.4. The van der Waals surface area contributed by atoms with E-state index in [-0.39, 0.29) is 10.8 Å². The lowest BCUT2D eigenvalue weighted by molar-refractivity contribution is -0.116. The molecule has 0 bridgehead atoms. The van der Waals surface area contributed by atoms with Gasteiger partial charge in [-0.25, -0.2) is 13.1 Å². The average molecular weight is 394 g/mol. The van der Waals surface area contributed by atoms with Crippen LogP contribution in [0.15, 0.2) is 23.1 Å². The molecule has 0 unspecified atom stereocenters. The fourth-order valence-corrected chi connectivity index (χ4v) is 5.56. The number of hydrogen-bond donors (Lipinski definition) is 1. The third-order valence-corrected chi connectivity index (χ3v) is 6.98. The summed E-state index contributed by atoms with van der Waals surface area (Å²) < 4.78 is 27.9. The highest BCUT2D eigenvalue weighted by Crippen LogP contribution is 2.30. The molecule has 1 N–H and O–H groups in total. The molecule has 1 aromatic carbocycles. The summed E-state index contributed by atoms with van der Waals surface area (Å²) in [7, 11) is -3.52. The molecular weight excluding hydrogens is 362 g/mol. The van der Waals surface area contributed by atoms with Crippen molar-refractivity contribution in [3.63, 3.8) is 0 Å². The van der Waals surface area contributed by atoms with Gasteiger partial charge in [0.15, 0.2) is 0 Å². The van der Waals surface area contributed by atoms with Gasteiger partial charge in [-0.15, -0.1) is 0 Å². The van der Waals surface area contributed by atoms with E-state index in [0.29, 0.717) is 31.3 Å². The van der Waals surface area contributed by atoms with E-state index in [2.05, 4.69) is 23.5 Å². The molecule has 27 heavy (non-hydrogen) atoms. The summed E-state index contributed by atoms with van der Waals surface area (Å²) in [5, 5.41) is 0. The van der Waals surface area contributed by atoms with Crippen LogP contribution in [0.25, 0.3) is 0 Å². The highest BCUT2D eigenvalue weighted by atomic mass is 32.2. The topological polar surface area (TPSA) is 69.7 Å². The molecule has 0 saturated carbocycles. The first-order valence-electron chi connectivity index (χ1n) is 9.89. The lowest BCUT2D eigenvalue weighted by atomic mass is 9.92. The monoisotopic (exact) mass is 393 g/mol. The highest BCUT2D eigenvalue weighted by molar-refractivity contribution is 7.89. The van der Waals surface area contributed by atoms with Gasteiger partial charge < -0.3 is 9.80 Å². The lowest BCUT2D eigenvalue weighted by Gasteiger charge is -2.34. The third kappa shape index (κ3) is 4.89. The summed E-state index contributed by atoms with van der Waals surface area (Å²) in [5.41, 5.74) is 1.75. The van der Waals surface area contributed by atoms with Crippen molar-refractivity contribution < 1.29 is 13.2 Å². The number of sulfonamides is 1. The van der Waals surface area contributed by atoms with E-state index in [4.69, 9.17) is 0 Å². The first-order chi connectivity index (χ1) is 12.8. The van der Waals surface area contributed by atoms with Crippen LogP contribution in [0, 0.1) is 11.8 Å². The van der Waals surface area contributed by atoms with Crippen LogP contribution < -0.4 is 9.62 Å². The molecule has 6 nitrogen and oxygen atoms in total. The van der Waals surface area contributed by atoms with Gasteiger partial charge in [0.05, 0.1) is 4.90 Å². The Kier molecular flexibility index (Phi) is 6.23. The summed E-state index contributed by atoms with van der Waals surface area (Å²) in [4.78, 5) is 16.0. The molecule has 0 aliphatic carbocycles. The number of likely N-dealkylation sites (tertiary alicyclic amines) is 1. The molecule has 0 radical (unpaired) electrons. The summed E-state index contributed by atoms with van der Waals surface area (Å²) in [6.45, 7) is 10.3. The molecule has 150 valence electrons. The van der Waals surface area contributed by atoms with Crippen LogP contribution >= 0.6 is 0 Å². The molecule has 2 aliphatic heterocycles. The Hall–Kier alpha value is -1.44. The Balaban J connectivity index is 1.54. The standard InChI is InChI=1S/C20H31N3O3S/c1-15-11-16(2)14-22(13-15)9-4-8-21-27(25,26)19-5-6-20-18(12-19)7-10-23(20)17(3)24/h5-6,12,15-16,21H,4,7-11,13-14H2,1-3H3/t15-,16+. The normalized spacial score (nSPS) is 23.4. The molecule has 2 atom stereocenters. The highest BCUT2D eigenvalue weighted by Gasteiger charge is 2.25. The van der Waals surface area contributed by atoms with Gasteiger partial charge >= 0.3 is 0 Å². The fraction of sp³-hybridized carbons (Fsp3) is 0.650. The van der Waals surface area contributed by atoms with E-state index < -0.39 is 10.0 Å². The van der Waals surface area contributed by atoms with Crippen LogP contribution in [0.2, 0.25) is 0 Å². The van der Waals surface area contributed by atoms with Crippen molar-refractivity contribution in [1.82, 2.24) is 9.62 Å². The number of nitrogens with one attached hydrogen (secondary N) is 1. The van der Waals surface area contributed by atoms with Gasteiger partial charge in [0.1, 0.15) is 0 Å². The van der Waals surface area contributed by atoms with Crippen molar-refractivity contribution in [1.29, 1.82) is 0 Å². The number of carbonyl (C=O) groups excluding carboxylic acids is 1. The second-order valence-electron chi connectivity index (χ2n) is 8.17. The Morgan fingerprint density at radius 2 is 1.93 bits per heavy atom. The second-order valence-corrected chi connectivity index (χ2v) is 9.94. The van der Waals surface area contributed by atoms with Gasteiger partial charge in [0.2, 0.25) is 15.9 Å². The van der Waals surface area contributed by atoms with E-state index in [1.54, 1.807) is 23.1 Å². The molecule has 1 amide bonds. The maximum atomic E-state index is 12.6. The van der Waals surface area contributed by atoms with Gasteiger partial charge in [-0.3, -0.25) is 4.79 Å². The van der Waals surface area contributed by atoms with E-state index in [1.165, 1.54) is 13.3 Å². The molecule has 2 heterocycles. The first kappa shape index (κ1) is 20.3. The molecule has 1 fully saturated rings. The van der Waals surface area contributed by atoms with E-state index in [0.717, 1.165) is 37.3 Å². The Morgan fingerprint density at radius 1 is 1.22 bits per heavy atom. The summed E-state index contributed by atoms with van der Waals surface area (Å²) in [6.07, 6.45) is 2.79. The third-order valence-electron chi connectivity index (χ3n) is 5.52. The number of benzene rings is 1. The maximum absolute atomic E-state index is 12.6. The van der Waals surface area contributed by atoms with Crippen molar-refractivity contribution >= 4 is 21.6 Å². The summed E-state index contributed by atoms with van der Waals surface area (Å²) >= 11 is 0. The van der Waals surface area contributed by atoms with E-state index in [9.17, 15) is 13.2 Å². The smallest absolute Gasteiger partial charge is 0.240 e. The van der Waals surface area contributed by atoms with E-state index >= 15 is 0 Å². The fourth-order valence-electron chi connectivity index (χ4n) is 4.44. The number of anilines is 1. The van der Waals surface area contributed by atoms with Crippen LogP contribution in [0.3, 0.4) is 0 Å². The SMILES string of the molecule is CC(=O)N1CCc2cc(S(=O)(=O)NCCCN3C[C@H](C)C[C@H](C)C3)ccc21. The Bertz CT molecular complexity index is 784. The molecule has 1 aromatic rings. The van der Waals surface area contributed by atoms with Gasteiger partial charge in [0.25, 0.3) is 0 Å².